The van der Waals surface area contributed by atoms with Gasteiger partial charge >= 0.3 is 0 Å². The van der Waals surface area contributed by atoms with Gasteiger partial charge in [0, 0.05) is 18.5 Å². The Hall–Kier alpha value is -1.52. The molecule has 5 heteroatoms. The Morgan fingerprint density at radius 3 is 2.83 bits per heavy atom. The fourth-order valence-electron chi connectivity index (χ4n) is 3.08. The van der Waals surface area contributed by atoms with Gasteiger partial charge in [-0.15, -0.1) is 12.4 Å². The van der Waals surface area contributed by atoms with Gasteiger partial charge in [-0.25, -0.2) is 0 Å². The predicted octanol–water partition coefficient (Wildman–Crippen LogP) is 3.32. The number of amides is 1. The largest absolute Gasteiger partial charge is 0.489 e. The monoisotopic (exact) mass is 352 g/mol. The number of halogens is 1. The highest BCUT2D eigenvalue weighted by Crippen LogP contribution is 2.24. The van der Waals surface area contributed by atoms with Crippen LogP contribution in [0.3, 0.4) is 0 Å². The van der Waals surface area contributed by atoms with E-state index in [4.69, 9.17) is 4.74 Å². The molecule has 0 bridgehead atoms. The number of para-hydroxylation sites is 1. The molecule has 1 aliphatic rings. The van der Waals surface area contributed by atoms with Crippen molar-refractivity contribution in [3.05, 3.63) is 42.5 Å². The first-order valence-corrected chi connectivity index (χ1v) is 8.49. The molecule has 4 nitrogen and oxygen atoms in total. The summed E-state index contributed by atoms with van der Waals surface area (Å²) in [6, 6.07) is 7.79. The maximum absolute atomic E-state index is 12.2. The second-order valence-corrected chi connectivity index (χ2v) is 6.25. The Labute approximate surface area is 151 Å². The molecule has 0 radical (unpaired) electrons. The van der Waals surface area contributed by atoms with E-state index in [0.717, 1.165) is 24.4 Å². The summed E-state index contributed by atoms with van der Waals surface area (Å²) in [7, 11) is 0. The number of piperidine rings is 1. The fraction of sp³-hybridized carbons (Fsp3) is 0.526. The Kier molecular flexibility index (Phi) is 9.50. The lowest BCUT2D eigenvalue weighted by atomic mass is 9.84. The van der Waals surface area contributed by atoms with Gasteiger partial charge < -0.3 is 15.4 Å². The summed E-state index contributed by atoms with van der Waals surface area (Å²) in [5.74, 6) is 2.02. The van der Waals surface area contributed by atoms with Gasteiger partial charge in [0.15, 0.2) is 0 Å². The maximum Gasteiger partial charge on any atom is 0.220 e. The van der Waals surface area contributed by atoms with Gasteiger partial charge in [0.05, 0.1) is 0 Å². The van der Waals surface area contributed by atoms with Gasteiger partial charge in [-0.3, -0.25) is 4.79 Å². The normalized spacial score (nSPS) is 15.9. The van der Waals surface area contributed by atoms with Crippen LogP contribution in [0.1, 0.15) is 31.7 Å². The zero-order valence-electron chi connectivity index (χ0n) is 14.4. The number of benzene rings is 1. The van der Waals surface area contributed by atoms with Crippen LogP contribution in [0.25, 0.3) is 0 Å². The van der Waals surface area contributed by atoms with Crippen molar-refractivity contribution in [1.29, 1.82) is 0 Å². The standard InChI is InChI=1S/C19H28N2O2.ClH/c1-3-12-23-18-7-5-4-6-17(18)14-21-19(22)13-15(2)16-8-10-20-11-9-16;/h3-7,15-16,20H,1,8-14H2,2H3,(H,21,22);1H. The van der Waals surface area contributed by atoms with E-state index in [1.54, 1.807) is 6.08 Å². The third-order valence-electron chi connectivity index (χ3n) is 4.50. The van der Waals surface area contributed by atoms with Gasteiger partial charge in [-0.1, -0.05) is 37.8 Å². The van der Waals surface area contributed by atoms with Crippen LogP contribution in [0.2, 0.25) is 0 Å². The highest BCUT2D eigenvalue weighted by molar-refractivity contribution is 5.85. The molecule has 1 aromatic carbocycles. The Morgan fingerprint density at radius 2 is 2.12 bits per heavy atom. The van der Waals surface area contributed by atoms with Crippen molar-refractivity contribution in [1.82, 2.24) is 10.6 Å². The van der Waals surface area contributed by atoms with E-state index < -0.39 is 0 Å². The molecule has 1 unspecified atom stereocenters. The van der Waals surface area contributed by atoms with Crippen molar-refractivity contribution in [2.75, 3.05) is 19.7 Å². The quantitative estimate of drug-likeness (QED) is 0.706. The van der Waals surface area contributed by atoms with Crippen LogP contribution < -0.4 is 15.4 Å². The summed E-state index contributed by atoms with van der Waals surface area (Å²) in [5.41, 5.74) is 0.997. The van der Waals surface area contributed by atoms with Gasteiger partial charge in [-0.05, 0) is 43.8 Å². The van der Waals surface area contributed by atoms with Crippen LogP contribution in [-0.2, 0) is 11.3 Å². The van der Waals surface area contributed by atoms with Gasteiger partial charge in [0.1, 0.15) is 12.4 Å². The summed E-state index contributed by atoms with van der Waals surface area (Å²) in [6.07, 6.45) is 4.66. The number of carbonyl (C=O) groups is 1. The first-order valence-electron chi connectivity index (χ1n) is 8.49. The Morgan fingerprint density at radius 1 is 1.42 bits per heavy atom. The van der Waals surface area contributed by atoms with Crippen molar-refractivity contribution in [2.24, 2.45) is 11.8 Å². The molecule has 0 aliphatic carbocycles. The van der Waals surface area contributed by atoms with Crippen molar-refractivity contribution < 1.29 is 9.53 Å². The van der Waals surface area contributed by atoms with Crippen molar-refractivity contribution in [3.8, 4) is 5.75 Å². The predicted molar refractivity (Wildman–Crippen MR) is 101 cm³/mol. The van der Waals surface area contributed by atoms with Crippen molar-refractivity contribution in [3.63, 3.8) is 0 Å². The van der Waals surface area contributed by atoms with E-state index in [1.165, 1.54) is 12.8 Å². The van der Waals surface area contributed by atoms with Crippen molar-refractivity contribution >= 4 is 18.3 Å². The zero-order valence-corrected chi connectivity index (χ0v) is 15.2. The number of ether oxygens (including phenoxy) is 1. The first kappa shape index (κ1) is 20.5. The Balaban J connectivity index is 0.00000288. The molecule has 0 spiro atoms. The zero-order chi connectivity index (χ0) is 16.5. The lowest BCUT2D eigenvalue weighted by Gasteiger charge is -2.27. The minimum Gasteiger partial charge on any atom is -0.489 e. The molecule has 1 fully saturated rings. The molecule has 2 N–H and O–H groups in total. The van der Waals surface area contributed by atoms with Gasteiger partial charge in [0.2, 0.25) is 5.91 Å². The number of rotatable bonds is 8. The molecule has 0 saturated carbocycles. The summed E-state index contributed by atoms with van der Waals surface area (Å²) in [6.45, 7) is 8.97. The van der Waals surface area contributed by atoms with Gasteiger partial charge in [-0.2, -0.15) is 0 Å². The lowest BCUT2D eigenvalue weighted by Crippen LogP contribution is -2.33. The van der Waals surface area contributed by atoms with E-state index >= 15 is 0 Å². The van der Waals surface area contributed by atoms with Crippen LogP contribution in [-0.4, -0.2) is 25.6 Å². The minimum atomic E-state index is 0. The maximum atomic E-state index is 12.2. The highest BCUT2D eigenvalue weighted by Gasteiger charge is 2.21. The van der Waals surface area contributed by atoms with Crippen LogP contribution >= 0.6 is 12.4 Å². The molecule has 1 heterocycles. The number of hydrogen-bond donors (Lipinski definition) is 2. The molecule has 1 amide bonds. The van der Waals surface area contributed by atoms with Crippen LogP contribution in [0, 0.1) is 11.8 Å². The SMILES string of the molecule is C=CCOc1ccccc1CNC(=O)CC(C)C1CCNCC1.Cl. The van der Waals surface area contributed by atoms with E-state index in [1.807, 2.05) is 24.3 Å². The molecule has 134 valence electrons. The molecule has 1 saturated heterocycles. The van der Waals surface area contributed by atoms with E-state index in [9.17, 15) is 4.79 Å². The van der Waals surface area contributed by atoms with E-state index in [-0.39, 0.29) is 18.3 Å². The number of hydrogen-bond acceptors (Lipinski definition) is 3. The highest BCUT2D eigenvalue weighted by atomic mass is 35.5. The number of carbonyl (C=O) groups excluding carboxylic acids is 1. The molecule has 1 aromatic rings. The van der Waals surface area contributed by atoms with Crippen LogP contribution in [0.15, 0.2) is 36.9 Å². The number of nitrogens with one attached hydrogen (secondary N) is 2. The summed E-state index contributed by atoms with van der Waals surface area (Å²) >= 11 is 0. The second-order valence-electron chi connectivity index (χ2n) is 6.25. The Bertz CT molecular complexity index is 516. The van der Waals surface area contributed by atoms with Crippen molar-refractivity contribution in [2.45, 2.75) is 32.7 Å². The van der Waals surface area contributed by atoms with E-state index in [2.05, 4.69) is 24.1 Å². The van der Waals surface area contributed by atoms with E-state index in [0.29, 0.717) is 31.4 Å². The van der Waals surface area contributed by atoms with Crippen LogP contribution in [0.5, 0.6) is 5.75 Å². The minimum absolute atomic E-state index is 0. The molecular formula is C19H29ClN2O2. The lowest BCUT2D eigenvalue weighted by molar-refractivity contribution is -0.122. The van der Waals surface area contributed by atoms with Crippen LogP contribution in [0.4, 0.5) is 0 Å². The molecule has 1 aliphatic heterocycles. The average molecular weight is 353 g/mol. The third kappa shape index (κ3) is 6.54. The van der Waals surface area contributed by atoms with Gasteiger partial charge in [0.25, 0.3) is 0 Å². The first-order chi connectivity index (χ1) is 11.2. The molecular weight excluding hydrogens is 324 g/mol. The molecule has 24 heavy (non-hydrogen) atoms. The summed E-state index contributed by atoms with van der Waals surface area (Å²) < 4.78 is 5.62. The summed E-state index contributed by atoms with van der Waals surface area (Å²) in [4.78, 5) is 12.2. The average Bonchev–Trinajstić information content (AvgIpc) is 2.59. The molecule has 0 aromatic heterocycles. The molecule has 1 atom stereocenters. The smallest absolute Gasteiger partial charge is 0.220 e. The summed E-state index contributed by atoms with van der Waals surface area (Å²) in [5, 5.41) is 6.40. The topological polar surface area (TPSA) is 50.4 Å². The second kappa shape index (κ2) is 11.1. The third-order valence-corrected chi connectivity index (χ3v) is 4.50. The molecule has 2 rings (SSSR count). The fourth-order valence-corrected chi connectivity index (χ4v) is 3.08.